The number of nitrogens with one attached hydrogen (secondary N) is 1. The van der Waals surface area contributed by atoms with Crippen molar-refractivity contribution >= 4 is 50.4 Å². The molecule has 16 heteroatoms. The normalized spacial score (nSPS) is 12.3. The second-order valence-electron chi connectivity index (χ2n) is 6.22. The Hall–Kier alpha value is -2.82. The zero-order valence-corrected chi connectivity index (χ0v) is 17.1. The largest absolute Gasteiger partial charge is 0.479 e. The van der Waals surface area contributed by atoms with E-state index in [1.165, 1.54) is 26.2 Å². The summed E-state index contributed by atoms with van der Waals surface area (Å²) in [4.78, 5) is 43.5. The Kier molecular flexibility index (Phi) is 8.01. The first-order chi connectivity index (χ1) is 13.2. The van der Waals surface area contributed by atoms with Gasteiger partial charge in [0.05, 0.1) is 12.1 Å². The Balaban J connectivity index is 2.95. The number of hydroxylamine groups is 2. The van der Waals surface area contributed by atoms with Crippen LogP contribution in [0.3, 0.4) is 0 Å². The fraction of sp³-hybridized carbons (Fsp3) is 0.462. The number of hydrogen-bond donors (Lipinski definition) is 4. The van der Waals surface area contributed by atoms with Crippen LogP contribution in [0.2, 0.25) is 0 Å². The van der Waals surface area contributed by atoms with E-state index in [2.05, 4.69) is 24.6 Å². The number of carbonyl (C=O) groups is 3. The highest BCUT2D eigenvalue weighted by molar-refractivity contribution is 7.80. The number of aliphatic carboxylic acids is 1. The molecule has 0 aliphatic carbocycles. The zero-order chi connectivity index (χ0) is 22.4. The van der Waals surface area contributed by atoms with E-state index in [-0.39, 0.29) is 10.8 Å². The SMILES string of the molecule is CC(C)(C)N(OS(=O)(=O)O)C(=O)CNC(=O)/C(=N\OCC(=O)O)c1csc(N)n1. The van der Waals surface area contributed by atoms with Crippen LogP contribution >= 0.6 is 11.3 Å². The van der Waals surface area contributed by atoms with Crippen molar-refractivity contribution in [3.8, 4) is 0 Å². The van der Waals surface area contributed by atoms with Gasteiger partial charge in [-0.3, -0.25) is 14.1 Å². The van der Waals surface area contributed by atoms with E-state index in [0.717, 1.165) is 11.3 Å². The molecule has 0 aliphatic rings. The Morgan fingerprint density at radius 1 is 1.38 bits per heavy atom. The van der Waals surface area contributed by atoms with Crippen LogP contribution in [0.25, 0.3) is 0 Å². The Bertz CT molecular complexity index is 904. The minimum atomic E-state index is -5.00. The molecule has 5 N–H and O–H groups in total. The van der Waals surface area contributed by atoms with Crippen LogP contribution < -0.4 is 11.1 Å². The van der Waals surface area contributed by atoms with Gasteiger partial charge in [-0.05, 0) is 20.8 Å². The number of amides is 2. The molecule has 0 aliphatic heterocycles. The first-order valence-electron chi connectivity index (χ1n) is 7.62. The molecule has 29 heavy (non-hydrogen) atoms. The highest BCUT2D eigenvalue weighted by atomic mass is 32.3. The number of nitrogens with two attached hydrogens (primary N) is 1. The van der Waals surface area contributed by atoms with Gasteiger partial charge < -0.3 is 21.0 Å². The van der Waals surface area contributed by atoms with E-state index in [1.807, 2.05) is 0 Å². The molecule has 0 spiro atoms. The Morgan fingerprint density at radius 3 is 2.45 bits per heavy atom. The Morgan fingerprint density at radius 2 is 2.00 bits per heavy atom. The molecule has 0 unspecified atom stereocenters. The molecule has 14 nitrogen and oxygen atoms in total. The molecule has 0 atom stereocenters. The summed E-state index contributed by atoms with van der Waals surface area (Å²) in [6, 6.07) is 0. The molecule has 0 aromatic carbocycles. The number of carbonyl (C=O) groups excluding carboxylic acids is 2. The third kappa shape index (κ3) is 8.38. The molecule has 0 radical (unpaired) electrons. The van der Waals surface area contributed by atoms with Crippen molar-refractivity contribution in [1.82, 2.24) is 15.4 Å². The molecule has 1 aromatic rings. The number of anilines is 1. The van der Waals surface area contributed by atoms with Crippen molar-refractivity contribution in [3.05, 3.63) is 11.1 Å². The average Bonchev–Trinajstić information content (AvgIpc) is 2.98. The van der Waals surface area contributed by atoms with Gasteiger partial charge in [-0.1, -0.05) is 5.16 Å². The molecular formula is C13H19N5O9S2. The molecular weight excluding hydrogens is 434 g/mol. The van der Waals surface area contributed by atoms with Crippen molar-refractivity contribution < 1.29 is 41.6 Å². The fourth-order valence-corrected chi connectivity index (χ4v) is 2.73. The maximum Gasteiger partial charge on any atom is 0.418 e. The summed E-state index contributed by atoms with van der Waals surface area (Å²) in [5.74, 6) is -3.36. The van der Waals surface area contributed by atoms with Gasteiger partial charge in [-0.25, -0.2) is 9.78 Å². The van der Waals surface area contributed by atoms with Crippen LogP contribution in [0, 0.1) is 0 Å². The lowest BCUT2D eigenvalue weighted by atomic mass is 10.1. The molecule has 1 heterocycles. The number of nitrogens with zero attached hydrogens (tertiary/aromatic N) is 3. The van der Waals surface area contributed by atoms with Crippen LogP contribution in [0.4, 0.5) is 5.13 Å². The molecule has 0 bridgehead atoms. The summed E-state index contributed by atoms with van der Waals surface area (Å²) >= 11 is 0.973. The number of oxime groups is 1. The maximum absolute atomic E-state index is 12.4. The van der Waals surface area contributed by atoms with E-state index in [4.69, 9.17) is 15.4 Å². The summed E-state index contributed by atoms with van der Waals surface area (Å²) in [6.45, 7) is 2.66. The van der Waals surface area contributed by atoms with E-state index in [0.29, 0.717) is 5.06 Å². The van der Waals surface area contributed by atoms with Crippen LogP contribution in [0.1, 0.15) is 26.5 Å². The predicted molar refractivity (Wildman–Crippen MR) is 98.9 cm³/mol. The summed E-state index contributed by atoms with van der Waals surface area (Å²) in [5.41, 5.74) is 3.79. The van der Waals surface area contributed by atoms with Gasteiger partial charge in [0.15, 0.2) is 10.8 Å². The smallest absolute Gasteiger partial charge is 0.418 e. The first kappa shape index (κ1) is 24.2. The highest BCUT2D eigenvalue weighted by Crippen LogP contribution is 2.16. The lowest BCUT2D eigenvalue weighted by Crippen LogP contribution is -2.51. The number of hydrogen-bond acceptors (Lipinski definition) is 11. The monoisotopic (exact) mass is 453 g/mol. The molecule has 1 rings (SSSR count). The van der Waals surface area contributed by atoms with Gasteiger partial charge in [0.2, 0.25) is 6.61 Å². The number of aromatic nitrogens is 1. The minimum absolute atomic E-state index is 0.0373. The van der Waals surface area contributed by atoms with Crippen LogP contribution in [0.15, 0.2) is 10.5 Å². The quantitative estimate of drug-likeness (QED) is 0.202. The molecule has 0 fully saturated rings. The number of thiazole rings is 1. The first-order valence-corrected chi connectivity index (χ1v) is 9.86. The van der Waals surface area contributed by atoms with E-state index >= 15 is 0 Å². The van der Waals surface area contributed by atoms with Crippen LogP contribution in [0.5, 0.6) is 0 Å². The molecule has 0 saturated heterocycles. The average molecular weight is 453 g/mol. The third-order valence-corrected chi connectivity index (χ3v) is 3.74. The van der Waals surface area contributed by atoms with Gasteiger partial charge in [0.1, 0.15) is 5.69 Å². The van der Waals surface area contributed by atoms with Gasteiger partial charge in [-0.15, -0.1) is 15.6 Å². The van der Waals surface area contributed by atoms with Gasteiger partial charge >= 0.3 is 16.4 Å². The zero-order valence-electron chi connectivity index (χ0n) is 15.5. The standard InChI is InChI=1S/C13H19N5O9S2/c1-13(2,3)18(27-29(23,24)25)8(19)4-15-11(22)10(17-26-5-9(20)21)7-6-28-12(14)16-7/h6H,4-5H2,1-3H3,(H2,14,16)(H,15,22)(H,20,21)(H,23,24,25)/b17-10-. The van der Waals surface area contributed by atoms with Crippen molar-refractivity contribution in [2.24, 2.45) is 5.16 Å². The number of carboxylic acid groups (broad SMARTS) is 1. The predicted octanol–water partition coefficient (Wildman–Crippen LogP) is -0.992. The van der Waals surface area contributed by atoms with Crippen LogP contribution in [-0.2, 0) is 33.9 Å². The lowest BCUT2D eigenvalue weighted by molar-refractivity contribution is -0.174. The second-order valence-corrected chi connectivity index (χ2v) is 8.12. The van der Waals surface area contributed by atoms with E-state index in [1.54, 1.807) is 0 Å². The van der Waals surface area contributed by atoms with Gasteiger partial charge in [0, 0.05) is 5.38 Å². The molecule has 2 amide bonds. The lowest BCUT2D eigenvalue weighted by Gasteiger charge is -2.32. The van der Waals surface area contributed by atoms with Crippen molar-refractivity contribution in [1.29, 1.82) is 0 Å². The van der Waals surface area contributed by atoms with Crippen molar-refractivity contribution in [2.75, 3.05) is 18.9 Å². The minimum Gasteiger partial charge on any atom is -0.479 e. The Labute approximate surface area is 169 Å². The van der Waals surface area contributed by atoms with Crippen molar-refractivity contribution in [3.63, 3.8) is 0 Å². The number of carboxylic acids is 1. The van der Waals surface area contributed by atoms with E-state index < -0.39 is 52.6 Å². The number of rotatable bonds is 9. The summed E-state index contributed by atoms with van der Waals surface area (Å²) in [5, 5.41) is 15.9. The van der Waals surface area contributed by atoms with Crippen molar-refractivity contribution in [2.45, 2.75) is 26.3 Å². The summed E-state index contributed by atoms with van der Waals surface area (Å²) in [6.07, 6.45) is 0. The maximum atomic E-state index is 12.4. The summed E-state index contributed by atoms with van der Waals surface area (Å²) in [7, 11) is -5.00. The fourth-order valence-electron chi connectivity index (χ4n) is 1.69. The van der Waals surface area contributed by atoms with Gasteiger partial charge in [0.25, 0.3) is 11.8 Å². The highest BCUT2D eigenvalue weighted by Gasteiger charge is 2.32. The second kappa shape index (κ2) is 9.59. The topological polar surface area (TPSA) is 211 Å². The summed E-state index contributed by atoms with van der Waals surface area (Å²) < 4.78 is 35.0. The number of nitrogen functional groups attached to an aromatic ring is 1. The third-order valence-electron chi connectivity index (χ3n) is 2.73. The van der Waals surface area contributed by atoms with Crippen LogP contribution in [-0.4, -0.2) is 70.3 Å². The molecule has 0 saturated carbocycles. The van der Waals surface area contributed by atoms with Gasteiger partial charge in [-0.2, -0.15) is 13.5 Å². The van der Waals surface area contributed by atoms with E-state index in [9.17, 15) is 22.8 Å². The molecule has 162 valence electrons. The molecule has 1 aromatic heterocycles.